The molecule has 1 fully saturated rings. The van der Waals surface area contributed by atoms with Gasteiger partial charge in [-0.2, -0.15) is 5.26 Å². The first-order chi connectivity index (χ1) is 7.29. The predicted octanol–water partition coefficient (Wildman–Crippen LogP) is 0.736. The monoisotopic (exact) mass is 204 g/mol. The molecule has 15 heavy (non-hydrogen) atoms. The molecule has 0 aromatic carbocycles. The molecule has 78 valence electrons. The lowest BCUT2D eigenvalue weighted by atomic mass is 10.2. The van der Waals surface area contributed by atoms with E-state index in [9.17, 15) is 0 Å². The van der Waals surface area contributed by atoms with Crippen molar-refractivity contribution >= 4 is 11.4 Å². The molecule has 1 saturated heterocycles. The van der Waals surface area contributed by atoms with Gasteiger partial charge in [-0.1, -0.05) is 0 Å². The number of aromatic nitrogens is 1. The van der Waals surface area contributed by atoms with Crippen molar-refractivity contribution in [3.05, 3.63) is 18.0 Å². The SMILES string of the molecule is N#Cc1cc(N)c(NC[C@@H]2CCO2)cn1. The number of rotatable bonds is 3. The van der Waals surface area contributed by atoms with Crippen LogP contribution in [0.15, 0.2) is 12.3 Å². The second kappa shape index (κ2) is 4.15. The topological polar surface area (TPSA) is 84.0 Å². The minimum absolute atomic E-state index is 0.278. The normalized spacial score (nSPS) is 19.0. The van der Waals surface area contributed by atoms with E-state index in [0.717, 1.165) is 25.3 Å². The Bertz CT molecular complexity index is 395. The van der Waals surface area contributed by atoms with Gasteiger partial charge in [-0.15, -0.1) is 0 Å². The number of ether oxygens (including phenoxy) is 1. The third-order valence-corrected chi connectivity index (χ3v) is 2.36. The van der Waals surface area contributed by atoms with Crippen molar-refractivity contribution in [1.82, 2.24) is 4.98 Å². The summed E-state index contributed by atoms with van der Waals surface area (Å²) in [5.74, 6) is 0. The van der Waals surface area contributed by atoms with Gasteiger partial charge in [0.15, 0.2) is 0 Å². The smallest absolute Gasteiger partial charge is 0.142 e. The highest BCUT2D eigenvalue weighted by Gasteiger charge is 2.17. The second-order valence-electron chi connectivity index (χ2n) is 3.43. The molecule has 3 N–H and O–H groups in total. The van der Waals surface area contributed by atoms with Crippen LogP contribution in [0.4, 0.5) is 11.4 Å². The van der Waals surface area contributed by atoms with Crippen LogP contribution in [0.3, 0.4) is 0 Å². The molecule has 1 aliphatic heterocycles. The Morgan fingerprint density at radius 2 is 2.53 bits per heavy atom. The van der Waals surface area contributed by atoms with Crippen molar-refractivity contribution in [3.63, 3.8) is 0 Å². The maximum atomic E-state index is 8.61. The van der Waals surface area contributed by atoms with Gasteiger partial charge in [-0.25, -0.2) is 4.98 Å². The predicted molar refractivity (Wildman–Crippen MR) is 56.2 cm³/mol. The molecule has 0 bridgehead atoms. The average molecular weight is 204 g/mol. The van der Waals surface area contributed by atoms with E-state index in [-0.39, 0.29) is 6.10 Å². The highest BCUT2D eigenvalue weighted by Crippen LogP contribution is 2.19. The summed E-state index contributed by atoms with van der Waals surface area (Å²) in [7, 11) is 0. The lowest BCUT2D eigenvalue weighted by Crippen LogP contribution is -2.33. The first-order valence-electron chi connectivity index (χ1n) is 4.80. The van der Waals surface area contributed by atoms with Gasteiger partial charge < -0.3 is 15.8 Å². The molecule has 0 radical (unpaired) electrons. The summed E-state index contributed by atoms with van der Waals surface area (Å²) >= 11 is 0. The van der Waals surface area contributed by atoms with E-state index in [1.165, 1.54) is 0 Å². The van der Waals surface area contributed by atoms with Crippen LogP contribution >= 0.6 is 0 Å². The van der Waals surface area contributed by atoms with Crippen LogP contribution in [0.1, 0.15) is 12.1 Å². The van der Waals surface area contributed by atoms with Crippen LogP contribution in [0, 0.1) is 11.3 Å². The van der Waals surface area contributed by atoms with Crippen molar-refractivity contribution in [2.45, 2.75) is 12.5 Å². The van der Waals surface area contributed by atoms with E-state index in [0.29, 0.717) is 11.4 Å². The average Bonchev–Trinajstić information content (AvgIpc) is 2.18. The number of nitriles is 1. The zero-order valence-electron chi connectivity index (χ0n) is 8.23. The van der Waals surface area contributed by atoms with E-state index in [4.69, 9.17) is 15.7 Å². The summed E-state index contributed by atoms with van der Waals surface area (Å²) < 4.78 is 5.26. The highest BCUT2D eigenvalue weighted by molar-refractivity contribution is 5.66. The van der Waals surface area contributed by atoms with Crippen molar-refractivity contribution < 1.29 is 4.74 Å². The Balaban J connectivity index is 1.98. The number of anilines is 2. The van der Waals surface area contributed by atoms with Crippen LogP contribution in [-0.4, -0.2) is 24.2 Å². The number of nitrogen functional groups attached to an aromatic ring is 1. The third kappa shape index (κ3) is 2.17. The zero-order chi connectivity index (χ0) is 10.7. The summed E-state index contributed by atoms with van der Waals surface area (Å²) in [5.41, 5.74) is 7.38. The fourth-order valence-electron chi connectivity index (χ4n) is 1.35. The summed E-state index contributed by atoms with van der Waals surface area (Å²) in [5, 5.41) is 11.8. The van der Waals surface area contributed by atoms with Crippen LogP contribution in [0.5, 0.6) is 0 Å². The van der Waals surface area contributed by atoms with E-state index < -0.39 is 0 Å². The molecular weight excluding hydrogens is 192 g/mol. The molecule has 1 aromatic heterocycles. The molecular formula is C10H12N4O. The van der Waals surface area contributed by atoms with Crippen LogP contribution < -0.4 is 11.1 Å². The van der Waals surface area contributed by atoms with Gasteiger partial charge in [0.05, 0.1) is 23.7 Å². The summed E-state index contributed by atoms with van der Waals surface area (Å²) in [6.45, 7) is 1.57. The highest BCUT2D eigenvalue weighted by atomic mass is 16.5. The fraction of sp³-hybridized carbons (Fsp3) is 0.400. The lowest BCUT2D eigenvalue weighted by Gasteiger charge is -2.27. The molecule has 5 nitrogen and oxygen atoms in total. The number of pyridine rings is 1. The van der Waals surface area contributed by atoms with Gasteiger partial charge in [0.25, 0.3) is 0 Å². The van der Waals surface area contributed by atoms with Gasteiger partial charge >= 0.3 is 0 Å². The molecule has 2 heterocycles. The van der Waals surface area contributed by atoms with E-state index in [1.54, 1.807) is 12.3 Å². The van der Waals surface area contributed by atoms with Gasteiger partial charge in [0.2, 0.25) is 0 Å². The van der Waals surface area contributed by atoms with Crippen molar-refractivity contribution in [3.8, 4) is 6.07 Å². The minimum Gasteiger partial charge on any atom is -0.397 e. The van der Waals surface area contributed by atoms with Crippen LogP contribution in [-0.2, 0) is 4.74 Å². The Morgan fingerprint density at radius 1 is 1.73 bits per heavy atom. The van der Waals surface area contributed by atoms with Crippen LogP contribution in [0.25, 0.3) is 0 Å². The zero-order valence-corrected chi connectivity index (χ0v) is 8.23. The van der Waals surface area contributed by atoms with E-state index >= 15 is 0 Å². The molecule has 1 atom stereocenters. The van der Waals surface area contributed by atoms with Crippen molar-refractivity contribution in [1.29, 1.82) is 5.26 Å². The molecule has 1 aromatic rings. The molecule has 5 heteroatoms. The van der Waals surface area contributed by atoms with Crippen molar-refractivity contribution in [2.24, 2.45) is 0 Å². The summed E-state index contributed by atoms with van der Waals surface area (Å²) in [4.78, 5) is 3.94. The molecule has 0 aliphatic carbocycles. The maximum Gasteiger partial charge on any atom is 0.142 e. The third-order valence-electron chi connectivity index (χ3n) is 2.36. The molecule has 0 spiro atoms. The Morgan fingerprint density at radius 3 is 3.07 bits per heavy atom. The Labute approximate surface area is 87.9 Å². The Hall–Kier alpha value is -1.80. The summed E-state index contributed by atoms with van der Waals surface area (Å²) in [6.07, 6.45) is 2.93. The van der Waals surface area contributed by atoms with Gasteiger partial charge in [0, 0.05) is 13.2 Å². The molecule has 0 saturated carbocycles. The van der Waals surface area contributed by atoms with Gasteiger partial charge in [-0.3, -0.25) is 0 Å². The number of nitrogens with two attached hydrogens (primary N) is 1. The van der Waals surface area contributed by atoms with Gasteiger partial charge in [-0.05, 0) is 12.5 Å². The van der Waals surface area contributed by atoms with Crippen molar-refractivity contribution in [2.75, 3.05) is 24.2 Å². The van der Waals surface area contributed by atoms with Gasteiger partial charge in [0.1, 0.15) is 11.8 Å². The first-order valence-corrected chi connectivity index (χ1v) is 4.80. The fourth-order valence-corrected chi connectivity index (χ4v) is 1.35. The maximum absolute atomic E-state index is 8.61. The standard InChI is InChI=1S/C10H12N4O/c11-4-7-3-9(12)10(6-13-7)14-5-8-1-2-15-8/h3,6,8,14H,1-2,5H2,(H2,12,13)/t8-/m0/s1. The molecule has 0 amide bonds. The van der Waals surface area contributed by atoms with E-state index in [2.05, 4.69) is 10.3 Å². The largest absolute Gasteiger partial charge is 0.397 e. The van der Waals surface area contributed by atoms with E-state index in [1.807, 2.05) is 6.07 Å². The summed E-state index contributed by atoms with van der Waals surface area (Å²) in [6, 6.07) is 3.50. The first kappa shape index (κ1) is 9.74. The molecule has 2 rings (SSSR count). The number of hydrogen-bond acceptors (Lipinski definition) is 5. The number of nitrogens with one attached hydrogen (secondary N) is 1. The van der Waals surface area contributed by atoms with Crippen LogP contribution in [0.2, 0.25) is 0 Å². The Kier molecular flexibility index (Phi) is 2.70. The second-order valence-corrected chi connectivity index (χ2v) is 3.43. The quantitative estimate of drug-likeness (QED) is 0.758. The number of hydrogen-bond donors (Lipinski definition) is 2. The lowest BCUT2D eigenvalue weighted by molar-refractivity contribution is -0.0410. The minimum atomic E-state index is 0.278. The number of nitrogens with zero attached hydrogens (tertiary/aromatic N) is 2. The molecule has 0 unspecified atom stereocenters. The molecule has 1 aliphatic rings.